The van der Waals surface area contributed by atoms with Crippen LogP contribution in [0, 0.1) is 17.8 Å². The molecular formula is C14H27N3OS. The minimum absolute atomic E-state index is 0.0227. The van der Waals surface area contributed by atoms with Crippen LogP contribution in [0.1, 0.15) is 34.1 Å². The van der Waals surface area contributed by atoms with Crippen molar-refractivity contribution in [2.24, 2.45) is 23.5 Å². The molecule has 3 N–H and O–H groups in total. The molecule has 0 bridgehead atoms. The van der Waals surface area contributed by atoms with Gasteiger partial charge in [0.2, 0.25) is 5.91 Å². The molecule has 1 heterocycles. The number of carbonyl (C=O) groups is 1. The summed E-state index contributed by atoms with van der Waals surface area (Å²) >= 11 is 4.98. The number of hydrogen-bond acceptors (Lipinski definition) is 3. The number of likely N-dealkylation sites (tertiary alicyclic amines) is 1. The number of hydrogen-bond donors (Lipinski definition) is 2. The number of nitrogens with zero attached hydrogens (tertiary/aromatic N) is 1. The summed E-state index contributed by atoms with van der Waals surface area (Å²) < 4.78 is 0. The fourth-order valence-corrected chi connectivity index (χ4v) is 2.99. The number of nitrogens with one attached hydrogen (secondary N) is 1. The Labute approximate surface area is 122 Å². The standard InChI is InChI=1S/C14H27N3OS/c1-9(2)12(13(15)19)14(18)16-7-11-5-6-17(8-11)10(3)4/h9-12H,5-8H2,1-4H3,(H2,15,19)(H,16,18). The summed E-state index contributed by atoms with van der Waals surface area (Å²) in [6.45, 7) is 11.3. The number of rotatable bonds is 6. The Morgan fingerprint density at radius 1 is 1.42 bits per heavy atom. The zero-order valence-corrected chi connectivity index (χ0v) is 13.3. The summed E-state index contributed by atoms with van der Waals surface area (Å²) in [5.41, 5.74) is 5.65. The van der Waals surface area contributed by atoms with Gasteiger partial charge in [-0.15, -0.1) is 0 Å². The Morgan fingerprint density at radius 3 is 2.47 bits per heavy atom. The van der Waals surface area contributed by atoms with Gasteiger partial charge >= 0.3 is 0 Å². The van der Waals surface area contributed by atoms with Crippen molar-refractivity contribution >= 4 is 23.1 Å². The van der Waals surface area contributed by atoms with E-state index in [2.05, 4.69) is 24.1 Å². The molecule has 1 aliphatic rings. The second-order valence-electron chi connectivity index (χ2n) is 6.11. The summed E-state index contributed by atoms with van der Waals surface area (Å²) in [5.74, 6) is 0.321. The molecular weight excluding hydrogens is 258 g/mol. The van der Waals surface area contributed by atoms with Crippen LogP contribution in [0.4, 0.5) is 0 Å². The molecule has 1 rings (SSSR count). The normalized spacial score (nSPS) is 21.9. The van der Waals surface area contributed by atoms with E-state index in [9.17, 15) is 4.79 Å². The molecule has 0 aromatic carbocycles. The highest BCUT2D eigenvalue weighted by Crippen LogP contribution is 2.18. The van der Waals surface area contributed by atoms with Gasteiger partial charge in [0.05, 0.1) is 10.9 Å². The quantitative estimate of drug-likeness (QED) is 0.724. The van der Waals surface area contributed by atoms with Crippen molar-refractivity contribution in [2.45, 2.75) is 40.2 Å². The third-order valence-corrected chi connectivity index (χ3v) is 4.12. The van der Waals surface area contributed by atoms with Crippen LogP contribution in [0.25, 0.3) is 0 Å². The first-order valence-corrected chi connectivity index (χ1v) is 7.54. The molecule has 0 aromatic rings. The highest BCUT2D eigenvalue weighted by Gasteiger charge is 2.28. The van der Waals surface area contributed by atoms with Crippen LogP contribution in [0.2, 0.25) is 0 Å². The van der Waals surface area contributed by atoms with Gasteiger partial charge in [-0.05, 0) is 38.6 Å². The lowest BCUT2D eigenvalue weighted by Crippen LogP contribution is -2.42. The Bertz CT molecular complexity index is 331. The third-order valence-electron chi connectivity index (χ3n) is 3.87. The molecule has 1 aliphatic heterocycles. The maximum atomic E-state index is 12.1. The lowest BCUT2D eigenvalue weighted by molar-refractivity contribution is -0.124. The van der Waals surface area contributed by atoms with Crippen LogP contribution in [0.5, 0.6) is 0 Å². The lowest BCUT2D eigenvalue weighted by atomic mass is 9.94. The summed E-state index contributed by atoms with van der Waals surface area (Å²) in [6.07, 6.45) is 1.15. The van der Waals surface area contributed by atoms with Gasteiger partial charge in [0.1, 0.15) is 0 Å². The van der Waals surface area contributed by atoms with Crippen LogP contribution in [-0.4, -0.2) is 41.5 Å². The van der Waals surface area contributed by atoms with Crippen LogP contribution in [-0.2, 0) is 4.79 Å². The Kier molecular flexibility index (Phi) is 6.20. The molecule has 5 heteroatoms. The largest absolute Gasteiger partial charge is 0.393 e. The monoisotopic (exact) mass is 285 g/mol. The fraction of sp³-hybridized carbons (Fsp3) is 0.857. The number of carbonyl (C=O) groups excluding carboxylic acids is 1. The predicted octanol–water partition coefficient (Wildman–Crippen LogP) is 1.39. The highest BCUT2D eigenvalue weighted by atomic mass is 32.1. The van der Waals surface area contributed by atoms with Crippen molar-refractivity contribution < 1.29 is 4.79 Å². The average Bonchev–Trinajstić information content (AvgIpc) is 2.73. The van der Waals surface area contributed by atoms with E-state index in [0.717, 1.165) is 26.1 Å². The average molecular weight is 285 g/mol. The molecule has 1 saturated heterocycles. The van der Waals surface area contributed by atoms with Gasteiger partial charge in [0.15, 0.2) is 0 Å². The van der Waals surface area contributed by atoms with Crippen molar-refractivity contribution in [3.05, 3.63) is 0 Å². The van der Waals surface area contributed by atoms with E-state index in [1.54, 1.807) is 0 Å². The van der Waals surface area contributed by atoms with Gasteiger partial charge in [-0.1, -0.05) is 26.1 Å². The zero-order valence-electron chi connectivity index (χ0n) is 12.5. The second kappa shape index (κ2) is 7.20. The van der Waals surface area contributed by atoms with E-state index < -0.39 is 0 Å². The van der Waals surface area contributed by atoms with E-state index in [-0.39, 0.29) is 17.7 Å². The fourth-order valence-electron chi connectivity index (χ4n) is 2.61. The molecule has 0 saturated carbocycles. The molecule has 0 spiro atoms. The zero-order chi connectivity index (χ0) is 14.6. The Hall–Kier alpha value is -0.680. The maximum Gasteiger partial charge on any atom is 0.230 e. The molecule has 2 unspecified atom stereocenters. The van der Waals surface area contributed by atoms with Crippen LogP contribution in [0.3, 0.4) is 0 Å². The molecule has 0 aromatic heterocycles. The van der Waals surface area contributed by atoms with Crippen molar-refractivity contribution in [2.75, 3.05) is 19.6 Å². The first-order chi connectivity index (χ1) is 8.82. The van der Waals surface area contributed by atoms with E-state index >= 15 is 0 Å². The maximum absolute atomic E-state index is 12.1. The molecule has 4 nitrogen and oxygen atoms in total. The Balaban J connectivity index is 2.40. The van der Waals surface area contributed by atoms with Gasteiger partial charge in [0.25, 0.3) is 0 Å². The minimum Gasteiger partial charge on any atom is -0.393 e. The molecule has 2 atom stereocenters. The molecule has 0 aliphatic carbocycles. The third kappa shape index (κ3) is 4.73. The van der Waals surface area contributed by atoms with E-state index in [1.165, 1.54) is 0 Å². The van der Waals surface area contributed by atoms with Crippen molar-refractivity contribution in [1.82, 2.24) is 10.2 Å². The van der Waals surface area contributed by atoms with Gasteiger partial charge in [0, 0.05) is 19.1 Å². The van der Waals surface area contributed by atoms with E-state index in [0.29, 0.717) is 16.9 Å². The molecule has 1 fully saturated rings. The topological polar surface area (TPSA) is 58.4 Å². The van der Waals surface area contributed by atoms with Crippen molar-refractivity contribution in [1.29, 1.82) is 0 Å². The first-order valence-electron chi connectivity index (χ1n) is 7.14. The van der Waals surface area contributed by atoms with Crippen LogP contribution >= 0.6 is 12.2 Å². The van der Waals surface area contributed by atoms with Gasteiger partial charge in [-0.3, -0.25) is 4.79 Å². The smallest absolute Gasteiger partial charge is 0.230 e. The molecule has 19 heavy (non-hydrogen) atoms. The van der Waals surface area contributed by atoms with Crippen molar-refractivity contribution in [3.63, 3.8) is 0 Å². The van der Waals surface area contributed by atoms with Gasteiger partial charge in [-0.2, -0.15) is 0 Å². The highest BCUT2D eigenvalue weighted by molar-refractivity contribution is 7.80. The second-order valence-corrected chi connectivity index (χ2v) is 6.58. The molecule has 110 valence electrons. The summed E-state index contributed by atoms with van der Waals surface area (Å²) in [4.78, 5) is 14.8. The lowest BCUT2D eigenvalue weighted by Gasteiger charge is -2.22. The van der Waals surface area contributed by atoms with Crippen LogP contribution in [0.15, 0.2) is 0 Å². The predicted molar refractivity (Wildman–Crippen MR) is 82.9 cm³/mol. The molecule has 1 amide bonds. The van der Waals surface area contributed by atoms with Crippen molar-refractivity contribution in [3.8, 4) is 0 Å². The SMILES string of the molecule is CC(C)C(C(=O)NCC1CCN(C(C)C)C1)C(N)=S. The van der Waals surface area contributed by atoms with Gasteiger partial charge < -0.3 is 16.0 Å². The van der Waals surface area contributed by atoms with E-state index in [1.807, 2.05) is 13.8 Å². The number of thiocarbonyl (C=S) groups is 1. The van der Waals surface area contributed by atoms with E-state index in [4.69, 9.17) is 18.0 Å². The summed E-state index contributed by atoms with van der Waals surface area (Å²) in [5, 5.41) is 3.01. The summed E-state index contributed by atoms with van der Waals surface area (Å²) in [6, 6.07) is 0.584. The van der Waals surface area contributed by atoms with Gasteiger partial charge in [-0.25, -0.2) is 0 Å². The summed E-state index contributed by atoms with van der Waals surface area (Å²) in [7, 11) is 0. The molecule has 0 radical (unpaired) electrons. The number of nitrogens with two attached hydrogens (primary N) is 1. The Morgan fingerprint density at radius 2 is 2.05 bits per heavy atom. The minimum atomic E-state index is -0.349. The number of amides is 1. The van der Waals surface area contributed by atoms with Crippen LogP contribution < -0.4 is 11.1 Å². The first kappa shape index (κ1) is 16.4.